The number of alkyl halides is 9. The van der Waals surface area contributed by atoms with Crippen molar-refractivity contribution < 1.29 is 88.3 Å². The van der Waals surface area contributed by atoms with Gasteiger partial charge in [-0.25, -0.2) is 19.2 Å². The first-order valence-electron chi connectivity index (χ1n) is 17.9. The second-order valence-electron chi connectivity index (χ2n) is 13.2. The third-order valence-corrected chi connectivity index (χ3v) is 8.84. The van der Waals surface area contributed by atoms with Gasteiger partial charge in [-0.05, 0) is 48.7 Å². The minimum atomic E-state index is -5.08. The Kier molecular flexibility index (Phi) is 17.1. The summed E-state index contributed by atoms with van der Waals surface area (Å²) >= 11 is 0. The van der Waals surface area contributed by atoms with Crippen LogP contribution >= 0.6 is 0 Å². The Morgan fingerprint density at radius 1 is 0.698 bits per heavy atom. The van der Waals surface area contributed by atoms with Gasteiger partial charge in [0.15, 0.2) is 0 Å². The number of hydrogen-bond acceptors (Lipinski definition) is 10. The Labute approximate surface area is 350 Å². The Morgan fingerprint density at radius 2 is 1.16 bits per heavy atom. The SMILES string of the molecule is Cc1cc(COc2ccc(C3(N4CCN(CCc5ccccc5)CC4)C(=O)NC(=O)NC3=O)cc2)c2ccccc2n1.O=C(O)C(F)(F)F.O=C(O)C(F)(F)F.O=C(O)C(F)(F)F. The molecule has 4 amide bonds. The van der Waals surface area contributed by atoms with E-state index in [4.69, 9.17) is 34.4 Å². The standard InChI is InChI=1S/C33H33N5O4.3C2HF3O2/c1-23-21-25(28-9-5-6-10-29(28)34-23)22-42-27-13-11-26(12-14-27)33(30(39)35-32(41)36-31(33)40)38-19-17-37(18-20-38)16-15-24-7-3-2-4-8-24;3*3-2(4,5)1(6)7/h2-14,21H,15-20,22H2,1H3,(H2,35,36,39,40,41);3*(H,6,7). The first-order chi connectivity index (χ1) is 29.3. The molecule has 0 radical (unpaired) electrons. The zero-order valence-electron chi connectivity index (χ0n) is 32.5. The molecule has 24 heteroatoms. The van der Waals surface area contributed by atoms with Crippen molar-refractivity contribution in [1.29, 1.82) is 0 Å². The lowest BCUT2D eigenvalue weighted by molar-refractivity contribution is -0.193. The molecule has 1 aromatic heterocycles. The van der Waals surface area contributed by atoms with Gasteiger partial charge < -0.3 is 25.0 Å². The summed E-state index contributed by atoms with van der Waals surface area (Å²) in [5.74, 6) is -8.94. The molecule has 3 heterocycles. The quantitative estimate of drug-likeness (QED) is 0.110. The largest absolute Gasteiger partial charge is 0.490 e. The van der Waals surface area contributed by atoms with E-state index in [0.29, 0.717) is 44.1 Å². The van der Waals surface area contributed by atoms with Gasteiger partial charge in [0.1, 0.15) is 12.4 Å². The number of benzene rings is 3. The Balaban J connectivity index is 0.000000416. The number of fused-ring (bicyclic) bond motifs is 1. The fourth-order valence-corrected chi connectivity index (χ4v) is 5.96. The number of halogens is 9. The van der Waals surface area contributed by atoms with E-state index >= 15 is 0 Å². The van der Waals surface area contributed by atoms with Gasteiger partial charge in [0.25, 0.3) is 11.8 Å². The number of carbonyl (C=O) groups excluding carboxylic acids is 3. The van der Waals surface area contributed by atoms with Gasteiger partial charge in [-0.1, -0.05) is 60.7 Å². The van der Waals surface area contributed by atoms with Crippen molar-refractivity contribution in [2.24, 2.45) is 0 Å². The number of piperazine rings is 1. The van der Waals surface area contributed by atoms with Gasteiger partial charge in [0, 0.05) is 49.4 Å². The molecule has 63 heavy (non-hydrogen) atoms. The van der Waals surface area contributed by atoms with Crippen molar-refractivity contribution in [1.82, 2.24) is 25.4 Å². The van der Waals surface area contributed by atoms with E-state index in [2.05, 4.69) is 32.7 Å². The van der Waals surface area contributed by atoms with E-state index in [9.17, 15) is 53.9 Å². The maximum absolute atomic E-state index is 13.5. The van der Waals surface area contributed by atoms with E-state index in [-0.39, 0.29) is 0 Å². The highest BCUT2D eigenvalue weighted by Gasteiger charge is 2.56. The summed E-state index contributed by atoms with van der Waals surface area (Å²) in [4.78, 5) is 74.5. The Bertz CT molecular complexity index is 2170. The molecular weight excluding hydrogens is 869 g/mol. The zero-order valence-corrected chi connectivity index (χ0v) is 32.5. The summed E-state index contributed by atoms with van der Waals surface area (Å²) in [6.07, 6.45) is -14.3. The number of carbonyl (C=O) groups is 6. The second kappa shape index (κ2) is 21.3. The molecule has 340 valence electrons. The molecule has 4 aromatic rings. The number of amides is 4. The van der Waals surface area contributed by atoms with Gasteiger partial charge in [-0.15, -0.1) is 0 Å². The lowest BCUT2D eigenvalue weighted by Gasteiger charge is -2.46. The average Bonchev–Trinajstić information content (AvgIpc) is 3.20. The first-order valence-corrected chi connectivity index (χ1v) is 17.9. The molecular formula is C39H36F9N5O10. The molecule has 0 atom stereocenters. The molecule has 2 fully saturated rings. The van der Waals surface area contributed by atoms with Crippen molar-refractivity contribution in [3.63, 3.8) is 0 Å². The van der Waals surface area contributed by atoms with Crippen LogP contribution < -0.4 is 15.4 Å². The number of rotatable bonds is 8. The monoisotopic (exact) mass is 905 g/mol. The van der Waals surface area contributed by atoms with Crippen LogP contribution in [0.1, 0.15) is 22.4 Å². The summed E-state index contributed by atoms with van der Waals surface area (Å²) < 4.78 is 101. The number of nitrogens with zero attached hydrogens (tertiary/aromatic N) is 3. The van der Waals surface area contributed by atoms with Crippen LogP contribution in [0, 0.1) is 6.92 Å². The van der Waals surface area contributed by atoms with E-state index in [1.807, 2.05) is 60.4 Å². The van der Waals surface area contributed by atoms with Crippen LogP contribution in [0.25, 0.3) is 10.9 Å². The maximum Gasteiger partial charge on any atom is 0.490 e. The fraction of sp³-hybridized carbons (Fsp3) is 0.308. The smallest absolute Gasteiger partial charge is 0.489 e. The second-order valence-corrected chi connectivity index (χ2v) is 13.2. The highest BCUT2D eigenvalue weighted by molar-refractivity contribution is 6.22. The average molecular weight is 906 g/mol. The number of aryl methyl sites for hydroxylation is 1. The van der Waals surface area contributed by atoms with Gasteiger partial charge >= 0.3 is 42.5 Å². The molecule has 0 bridgehead atoms. The molecule has 5 N–H and O–H groups in total. The van der Waals surface area contributed by atoms with Gasteiger partial charge in [-0.3, -0.25) is 30.1 Å². The summed E-state index contributed by atoms with van der Waals surface area (Å²) in [6, 6.07) is 26.5. The summed E-state index contributed by atoms with van der Waals surface area (Å²) in [6.45, 7) is 5.58. The molecule has 2 saturated heterocycles. The number of para-hydroxylation sites is 1. The summed E-state index contributed by atoms with van der Waals surface area (Å²) in [7, 11) is 0. The third-order valence-electron chi connectivity index (χ3n) is 8.84. The van der Waals surface area contributed by atoms with Gasteiger partial charge in [-0.2, -0.15) is 39.5 Å². The number of aromatic nitrogens is 1. The van der Waals surface area contributed by atoms with Crippen LogP contribution in [0.3, 0.4) is 0 Å². The van der Waals surface area contributed by atoms with Crippen LogP contribution in [0.5, 0.6) is 5.75 Å². The summed E-state index contributed by atoms with van der Waals surface area (Å²) in [5, 5.41) is 27.1. The number of ether oxygens (including phenoxy) is 1. The topological polar surface area (TPSA) is 216 Å². The van der Waals surface area contributed by atoms with Crippen molar-refractivity contribution >= 4 is 46.7 Å². The molecule has 6 rings (SSSR count). The third kappa shape index (κ3) is 14.4. The van der Waals surface area contributed by atoms with Crippen LogP contribution in [-0.4, -0.2) is 117 Å². The fourth-order valence-electron chi connectivity index (χ4n) is 5.96. The van der Waals surface area contributed by atoms with Gasteiger partial charge in [0.05, 0.1) is 5.52 Å². The Hall–Kier alpha value is -6.82. The molecule has 2 aliphatic heterocycles. The normalized spacial score (nSPS) is 15.5. The van der Waals surface area contributed by atoms with E-state index in [1.165, 1.54) is 5.56 Å². The molecule has 2 aliphatic rings. The molecule has 0 saturated carbocycles. The van der Waals surface area contributed by atoms with E-state index in [1.54, 1.807) is 24.3 Å². The number of barbiturate groups is 1. The minimum absolute atomic E-state index is 0.342. The van der Waals surface area contributed by atoms with Crippen LogP contribution in [0.2, 0.25) is 0 Å². The molecule has 0 unspecified atom stereocenters. The predicted octanol–water partition coefficient (Wildman–Crippen LogP) is 5.44. The molecule has 3 aromatic carbocycles. The highest BCUT2D eigenvalue weighted by Crippen LogP contribution is 2.34. The Morgan fingerprint density at radius 3 is 1.63 bits per heavy atom. The number of carboxylic acids is 3. The van der Waals surface area contributed by atoms with Gasteiger partial charge in [0.2, 0.25) is 5.54 Å². The predicted molar refractivity (Wildman–Crippen MR) is 200 cm³/mol. The summed E-state index contributed by atoms with van der Waals surface area (Å²) in [5.41, 5.74) is 2.95. The van der Waals surface area contributed by atoms with Crippen LogP contribution in [-0.2, 0) is 42.5 Å². The number of imide groups is 2. The van der Waals surface area contributed by atoms with Crippen molar-refractivity contribution in [2.75, 3.05) is 32.7 Å². The number of carboxylic acid groups (broad SMARTS) is 3. The number of urea groups is 1. The zero-order chi connectivity index (χ0) is 47.3. The van der Waals surface area contributed by atoms with Crippen LogP contribution in [0.15, 0.2) is 84.9 Å². The molecule has 0 aliphatic carbocycles. The highest BCUT2D eigenvalue weighted by atomic mass is 19.4. The number of nitrogens with one attached hydrogen (secondary N) is 2. The van der Waals surface area contributed by atoms with Crippen molar-refractivity contribution in [2.45, 2.75) is 44.0 Å². The van der Waals surface area contributed by atoms with E-state index < -0.39 is 59.8 Å². The lowest BCUT2D eigenvalue weighted by atomic mass is 9.84. The number of pyridine rings is 1. The van der Waals surface area contributed by atoms with Crippen molar-refractivity contribution in [3.05, 3.63) is 107 Å². The van der Waals surface area contributed by atoms with E-state index in [0.717, 1.165) is 35.1 Å². The maximum atomic E-state index is 13.5. The molecule has 0 spiro atoms. The minimum Gasteiger partial charge on any atom is -0.489 e. The lowest BCUT2D eigenvalue weighted by Crippen LogP contribution is -2.72. The first kappa shape index (κ1) is 50.5. The number of aliphatic carboxylic acids is 3. The molecule has 15 nitrogen and oxygen atoms in total. The van der Waals surface area contributed by atoms with Crippen molar-refractivity contribution in [3.8, 4) is 5.75 Å². The number of hydrogen-bond donors (Lipinski definition) is 5. The van der Waals surface area contributed by atoms with Crippen LogP contribution in [0.4, 0.5) is 44.3 Å².